The zero-order valence-corrected chi connectivity index (χ0v) is 18.7. The van der Waals surface area contributed by atoms with Crippen molar-refractivity contribution in [3.05, 3.63) is 90.6 Å². The zero-order chi connectivity index (χ0) is 24.1. The molecule has 0 saturated heterocycles. The highest BCUT2D eigenvalue weighted by molar-refractivity contribution is 7.92. The Bertz CT molecular complexity index is 1640. The molecule has 0 aliphatic rings. The summed E-state index contributed by atoms with van der Waals surface area (Å²) in [6.07, 6.45) is -3.61. The summed E-state index contributed by atoms with van der Waals surface area (Å²) < 4.78 is 67.4. The van der Waals surface area contributed by atoms with Crippen LogP contribution in [0.3, 0.4) is 0 Å². The van der Waals surface area contributed by atoms with Crippen molar-refractivity contribution in [3.8, 4) is 16.9 Å². The lowest BCUT2D eigenvalue weighted by molar-refractivity contribution is -0.141. The number of hydrogen-bond donors (Lipinski definition) is 1. The zero-order valence-electron chi connectivity index (χ0n) is 17.8. The van der Waals surface area contributed by atoms with Gasteiger partial charge in [0.2, 0.25) is 10.0 Å². The van der Waals surface area contributed by atoms with Crippen LogP contribution in [0, 0.1) is 0 Å². The van der Waals surface area contributed by atoms with E-state index in [4.69, 9.17) is 0 Å². The summed E-state index contributed by atoms with van der Waals surface area (Å²) in [6, 6.07) is 24.2. The molecule has 5 nitrogen and oxygen atoms in total. The molecule has 5 aromatic rings. The highest BCUT2D eigenvalue weighted by atomic mass is 32.2. The lowest BCUT2D eigenvalue weighted by atomic mass is 9.97. The number of nitrogens with zero attached hydrogens (tertiary/aromatic N) is 2. The van der Waals surface area contributed by atoms with E-state index >= 15 is 0 Å². The van der Waals surface area contributed by atoms with E-state index in [1.807, 2.05) is 48.5 Å². The highest BCUT2D eigenvalue weighted by Gasteiger charge is 2.35. The van der Waals surface area contributed by atoms with Crippen molar-refractivity contribution in [3.63, 3.8) is 0 Å². The van der Waals surface area contributed by atoms with Crippen molar-refractivity contribution >= 4 is 37.3 Å². The monoisotopic (exact) mass is 481 g/mol. The van der Waals surface area contributed by atoms with E-state index in [1.54, 1.807) is 6.07 Å². The van der Waals surface area contributed by atoms with Gasteiger partial charge in [-0.2, -0.15) is 18.3 Å². The second-order valence-electron chi connectivity index (χ2n) is 7.93. The van der Waals surface area contributed by atoms with Gasteiger partial charge in [-0.15, -0.1) is 0 Å². The van der Waals surface area contributed by atoms with Gasteiger partial charge >= 0.3 is 6.18 Å². The van der Waals surface area contributed by atoms with Crippen molar-refractivity contribution < 1.29 is 21.6 Å². The molecule has 1 heterocycles. The Labute approximate surface area is 193 Å². The quantitative estimate of drug-likeness (QED) is 0.309. The van der Waals surface area contributed by atoms with Gasteiger partial charge in [0.15, 0.2) is 5.69 Å². The van der Waals surface area contributed by atoms with Crippen LogP contribution in [-0.4, -0.2) is 24.5 Å². The first-order valence-electron chi connectivity index (χ1n) is 10.3. The molecule has 5 rings (SSSR count). The fourth-order valence-corrected chi connectivity index (χ4v) is 4.62. The van der Waals surface area contributed by atoms with E-state index in [0.717, 1.165) is 33.9 Å². The average Bonchev–Trinajstić information content (AvgIpc) is 3.24. The third-order valence-corrected chi connectivity index (χ3v) is 6.08. The summed E-state index contributed by atoms with van der Waals surface area (Å²) in [6.45, 7) is 0. The molecule has 0 amide bonds. The summed E-state index contributed by atoms with van der Waals surface area (Å²) in [5, 5.41) is 7.61. The SMILES string of the molecule is CS(=O)(=O)Nc1ccc(-n2nc(C(F)(F)F)cc2-c2cccc3c2ccc2ccccc23)cc1. The van der Waals surface area contributed by atoms with Gasteiger partial charge in [0.1, 0.15) is 0 Å². The first kappa shape index (κ1) is 22.0. The summed E-state index contributed by atoms with van der Waals surface area (Å²) >= 11 is 0. The van der Waals surface area contributed by atoms with Crippen LogP contribution in [0.1, 0.15) is 5.69 Å². The van der Waals surface area contributed by atoms with Gasteiger partial charge in [-0.3, -0.25) is 4.72 Å². The first-order chi connectivity index (χ1) is 16.1. The molecule has 34 heavy (non-hydrogen) atoms. The largest absolute Gasteiger partial charge is 0.435 e. The van der Waals surface area contributed by atoms with Crippen LogP contribution in [0.25, 0.3) is 38.5 Å². The van der Waals surface area contributed by atoms with E-state index < -0.39 is 21.9 Å². The van der Waals surface area contributed by atoms with Crippen LogP contribution in [0.2, 0.25) is 0 Å². The minimum Gasteiger partial charge on any atom is -0.284 e. The smallest absolute Gasteiger partial charge is 0.284 e. The molecule has 0 saturated carbocycles. The van der Waals surface area contributed by atoms with E-state index in [1.165, 1.54) is 28.9 Å². The summed E-state index contributed by atoms with van der Waals surface area (Å²) in [7, 11) is -3.48. The Hall–Kier alpha value is -3.85. The molecule has 9 heteroatoms. The topological polar surface area (TPSA) is 64.0 Å². The number of hydrogen-bond acceptors (Lipinski definition) is 3. The van der Waals surface area contributed by atoms with Gasteiger partial charge in [0, 0.05) is 11.3 Å². The van der Waals surface area contributed by atoms with Crippen LogP contribution in [0.15, 0.2) is 84.9 Å². The molecular weight excluding hydrogens is 463 g/mol. The Balaban J connectivity index is 1.72. The van der Waals surface area contributed by atoms with Crippen LogP contribution >= 0.6 is 0 Å². The fourth-order valence-electron chi connectivity index (χ4n) is 4.06. The second-order valence-corrected chi connectivity index (χ2v) is 9.68. The normalized spacial score (nSPS) is 12.4. The average molecular weight is 481 g/mol. The van der Waals surface area contributed by atoms with Crippen LogP contribution in [-0.2, 0) is 16.2 Å². The van der Waals surface area contributed by atoms with Gasteiger partial charge < -0.3 is 0 Å². The molecule has 1 aromatic heterocycles. The minimum atomic E-state index is -4.63. The van der Waals surface area contributed by atoms with Gasteiger partial charge in [-0.05, 0) is 51.9 Å². The maximum Gasteiger partial charge on any atom is 0.435 e. The molecule has 172 valence electrons. The number of halogens is 3. The first-order valence-corrected chi connectivity index (χ1v) is 12.2. The fraction of sp³-hybridized carbons (Fsp3) is 0.0800. The molecule has 0 aliphatic carbocycles. The van der Waals surface area contributed by atoms with E-state index in [0.29, 0.717) is 16.9 Å². The molecule has 1 N–H and O–H groups in total. The van der Waals surface area contributed by atoms with Crippen molar-refractivity contribution in [2.45, 2.75) is 6.18 Å². The standard InChI is InChI=1S/C25H18F3N3O2S/c1-34(32,33)30-17-10-12-18(13-11-17)31-23(15-24(29-31)25(26,27)28)22-8-4-7-20-19-6-3-2-5-16(19)9-14-21(20)22/h2-15,30H,1H3. The molecule has 0 aliphatic heterocycles. The predicted molar refractivity (Wildman–Crippen MR) is 127 cm³/mol. The lowest BCUT2D eigenvalue weighted by Gasteiger charge is -2.12. The number of rotatable bonds is 4. The number of nitrogens with one attached hydrogen (secondary N) is 1. The van der Waals surface area contributed by atoms with Crippen molar-refractivity contribution in [2.24, 2.45) is 0 Å². The summed E-state index contributed by atoms with van der Waals surface area (Å²) in [5.41, 5.74) is 0.523. The molecular formula is C25H18F3N3O2S. The van der Waals surface area contributed by atoms with Gasteiger partial charge in [0.05, 0.1) is 17.6 Å². The van der Waals surface area contributed by atoms with E-state index in [-0.39, 0.29) is 5.69 Å². The highest BCUT2D eigenvalue weighted by Crippen LogP contribution is 2.37. The van der Waals surface area contributed by atoms with E-state index in [2.05, 4.69) is 9.82 Å². The molecule has 0 atom stereocenters. The Morgan fingerprint density at radius 2 is 1.53 bits per heavy atom. The Morgan fingerprint density at radius 3 is 2.24 bits per heavy atom. The van der Waals surface area contributed by atoms with Crippen molar-refractivity contribution in [2.75, 3.05) is 11.0 Å². The number of benzene rings is 4. The lowest BCUT2D eigenvalue weighted by Crippen LogP contribution is -2.10. The maximum atomic E-state index is 13.6. The predicted octanol–water partition coefficient (Wildman–Crippen LogP) is 6.24. The van der Waals surface area contributed by atoms with Crippen molar-refractivity contribution in [1.29, 1.82) is 0 Å². The Kier molecular flexibility index (Phi) is 5.09. The molecule has 0 unspecified atom stereocenters. The molecule has 0 spiro atoms. The van der Waals surface area contributed by atoms with E-state index in [9.17, 15) is 21.6 Å². The van der Waals surface area contributed by atoms with Crippen LogP contribution in [0.5, 0.6) is 0 Å². The Morgan fingerprint density at radius 1 is 0.824 bits per heavy atom. The van der Waals surface area contributed by atoms with Gasteiger partial charge in [-0.1, -0.05) is 54.6 Å². The molecule has 0 bridgehead atoms. The van der Waals surface area contributed by atoms with Gasteiger partial charge in [0.25, 0.3) is 0 Å². The second kappa shape index (κ2) is 7.88. The summed E-state index contributed by atoms with van der Waals surface area (Å²) in [5.74, 6) is 0. The third kappa shape index (κ3) is 4.10. The number of fused-ring (bicyclic) bond motifs is 3. The minimum absolute atomic E-state index is 0.275. The third-order valence-electron chi connectivity index (χ3n) is 5.48. The molecule has 4 aromatic carbocycles. The number of anilines is 1. The number of aromatic nitrogens is 2. The number of sulfonamides is 1. The summed E-state index contributed by atoms with van der Waals surface area (Å²) in [4.78, 5) is 0. The van der Waals surface area contributed by atoms with Gasteiger partial charge in [-0.25, -0.2) is 13.1 Å². The maximum absolute atomic E-state index is 13.6. The molecule has 0 fully saturated rings. The van der Waals surface area contributed by atoms with Crippen LogP contribution < -0.4 is 4.72 Å². The molecule has 0 radical (unpaired) electrons. The van der Waals surface area contributed by atoms with Crippen molar-refractivity contribution in [1.82, 2.24) is 9.78 Å². The van der Waals surface area contributed by atoms with Crippen LogP contribution in [0.4, 0.5) is 18.9 Å². The number of alkyl halides is 3.